The van der Waals surface area contributed by atoms with E-state index in [-0.39, 0.29) is 6.61 Å². The molecule has 1 N–H and O–H groups in total. The number of hydrogen-bond donors (Lipinski definition) is 1. The highest BCUT2D eigenvalue weighted by Crippen LogP contribution is 2.26. The van der Waals surface area contributed by atoms with E-state index in [9.17, 15) is 8.42 Å². The molecule has 1 atom stereocenters. The third-order valence-electron chi connectivity index (χ3n) is 4.04. The Morgan fingerprint density at radius 3 is 2.52 bits per heavy atom. The summed E-state index contributed by atoms with van der Waals surface area (Å²) >= 11 is 0. The molecule has 0 saturated carbocycles. The molecule has 118 valence electrons. The second-order valence-corrected chi connectivity index (χ2v) is 7.90. The predicted octanol–water partition coefficient (Wildman–Crippen LogP) is 1.54. The predicted molar refractivity (Wildman–Crippen MR) is 84.0 cm³/mol. The summed E-state index contributed by atoms with van der Waals surface area (Å²) in [6.45, 7) is 2.15. The van der Waals surface area contributed by atoms with Crippen molar-refractivity contribution >= 4 is 15.7 Å². The molecule has 6 heteroatoms. The van der Waals surface area contributed by atoms with Crippen LogP contribution in [0, 0.1) is 5.92 Å². The smallest absolute Gasteiger partial charge is 0.242 e. The van der Waals surface area contributed by atoms with Gasteiger partial charge in [0.25, 0.3) is 0 Å². The molecular formula is C15H24N2O3S. The molecule has 0 amide bonds. The van der Waals surface area contributed by atoms with Crippen LogP contribution in [0.4, 0.5) is 5.69 Å². The van der Waals surface area contributed by atoms with Gasteiger partial charge in [0.2, 0.25) is 10.0 Å². The Morgan fingerprint density at radius 1 is 1.29 bits per heavy atom. The number of rotatable bonds is 5. The van der Waals surface area contributed by atoms with E-state index < -0.39 is 10.0 Å². The topological polar surface area (TPSA) is 60.9 Å². The highest BCUT2D eigenvalue weighted by Gasteiger charge is 2.21. The van der Waals surface area contributed by atoms with Crippen LogP contribution in [0.1, 0.15) is 19.3 Å². The van der Waals surface area contributed by atoms with Crippen molar-refractivity contribution < 1.29 is 13.5 Å². The number of hydrogen-bond acceptors (Lipinski definition) is 4. The SMILES string of the molecule is CN(C)S(=O)(=O)c1ccc(N2CCCC(CCO)C2)cc1. The van der Waals surface area contributed by atoms with Gasteiger partial charge in [-0.1, -0.05) is 0 Å². The third kappa shape index (κ3) is 3.75. The van der Waals surface area contributed by atoms with E-state index in [0.717, 1.165) is 38.0 Å². The van der Waals surface area contributed by atoms with E-state index >= 15 is 0 Å². The number of benzene rings is 1. The molecule has 5 nitrogen and oxygen atoms in total. The fourth-order valence-corrected chi connectivity index (χ4v) is 3.66. The Balaban J connectivity index is 2.12. The third-order valence-corrected chi connectivity index (χ3v) is 5.87. The maximum atomic E-state index is 12.0. The summed E-state index contributed by atoms with van der Waals surface area (Å²) < 4.78 is 25.3. The molecule has 1 aliphatic rings. The lowest BCUT2D eigenvalue weighted by Gasteiger charge is -2.34. The molecule has 0 spiro atoms. The van der Waals surface area contributed by atoms with E-state index in [1.165, 1.54) is 18.4 Å². The van der Waals surface area contributed by atoms with Crippen molar-refractivity contribution in [3.05, 3.63) is 24.3 Å². The number of nitrogens with zero attached hydrogens (tertiary/aromatic N) is 2. The van der Waals surface area contributed by atoms with Crippen LogP contribution in [0.5, 0.6) is 0 Å². The summed E-state index contributed by atoms with van der Waals surface area (Å²) in [4.78, 5) is 2.59. The molecule has 1 saturated heterocycles. The van der Waals surface area contributed by atoms with Crippen LogP contribution in [0.15, 0.2) is 29.2 Å². The fraction of sp³-hybridized carbons (Fsp3) is 0.600. The first-order chi connectivity index (χ1) is 9.95. The zero-order chi connectivity index (χ0) is 15.5. The molecule has 0 aromatic heterocycles. The van der Waals surface area contributed by atoms with Gasteiger partial charge >= 0.3 is 0 Å². The van der Waals surface area contributed by atoms with Gasteiger partial charge in [-0.25, -0.2) is 12.7 Å². The molecule has 1 fully saturated rings. The average Bonchev–Trinajstić information content (AvgIpc) is 2.48. The van der Waals surface area contributed by atoms with Gasteiger partial charge in [-0.05, 0) is 49.4 Å². The van der Waals surface area contributed by atoms with Crippen molar-refractivity contribution in [2.75, 3.05) is 38.7 Å². The van der Waals surface area contributed by atoms with E-state index in [4.69, 9.17) is 5.11 Å². The summed E-state index contributed by atoms with van der Waals surface area (Å²) in [6, 6.07) is 7.08. The van der Waals surface area contributed by atoms with Crippen molar-refractivity contribution in [1.82, 2.24) is 4.31 Å². The molecule has 1 aromatic carbocycles. The van der Waals surface area contributed by atoms with Crippen molar-refractivity contribution in [2.45, 2.75) is 24.2 Å². The minimum atomic E-state index is -3.36. The first kappa shape index (κ1) is 16.3. The first-order valence-corrected chi connectivity index (χ1v) is 8.77. The minimum absolute atomic E-state index is 0.235. The van der Waals surface area contributed by atoms with Crippen LogP contribution in [-0.2, 0) is 10.0 Å². The van der Waals surface area contributed by atoms with E-state index in [0.29, 0.717) is 10.8 Å². The quantitative estimate of drug-likeness (QED) is 0.896. The highest BCUT2D eigenvalue weighted by atomic mass is 32.2. The molecule has 0 bridgehead atoms. The maximum absolute atomic E-state index is 12.0. The van der Waals surface area contributed by atoms with Crippen LogP contribution in [0.25, 0.3) is 0 Å². The number of sulfonamides is 1. The standard InChI is InChI=1S/C15H24N2O3S/c1-16(2)21(19,20)15-7-5-14(6-8-15)17-10-3-4-13(12-17)9-11-18/h5-8,13,18H,3-4,9-12H2,1-2H3. The van der Waals surface area contributed by atoms with Crippen LogP contribution >= 0.6 is 0 Å². The second kappa shape index (κ2) is 6.77. The molecule has 1 aromatic rings. The summed E-state index contributed by atoms with van der Waals surface area (Å²) in [5, 5.41) is 9.06. The van der Waals surface area contributed by atoms with Gasteiger partial charge in [0.05, 0.1) is 4.90 Å². The summed E-state index contributed by atoms with van der Waals surface area (Å²) in [5.74, 6) is 0.522. The van der Waals surface area contributed by atoms with E-state index in [1.807, 2.05) is 12.1 Å². The van der Waals surface area contributed by atoms with Crippen molar-refractivity contribution in [2.24, 2.45) is 5.92 Å². The van der Waals surface area contributed by atoms with Crippen LogP contribution in [0.3, 0.4) is 0 Å². The van der Waals surface area contributed by atoms with E-state index in [1.54, 1.807) is 12.1 Å². The van der Waals surface area contributed by atoms with Crippen molar-refractivity contribution in [3.63, 3.8) is 0 Å². The van der Waals surface area contributed by atoms with E-state index in [2.05, 4.69) is 4.90 Å². The number of anilines is 1. The monoisotopic (exact) mass is 312 g/mol. The summed E-state index contributed by atoms with van der Waals surface area (Å²) in [5.41, 5.74) is 1.05. The summed E-state index contributed by atoms with van der Waals surface area (Å²) in [7, 11) is -0.292. The van der Waals surface area contributed by atoms with Gasteiger partial charge < -0.3 is 10.0 Å². The Hall–Kier alpha value is -1.11. The number of piperidine rings is 1. The van der Waals surface area contributed by atoms with Crippen LogP contribution < -0.4 is 4.90 Å². The van der Waals surface area contributed by atoms with Gasteiger partial charge in [0.15, 0.2) is 0 Å². The fourth-order valence-electron chi connectivity index (χ4n) is 2.76. The Labute approximate surface area is 127 Å². The zero-order valence-corrected chi connectivity index (χ0v) is 13.5. The first-order valence-electron chi connectivity index (χ1n) is 7.33. The number of aliphatic hydroxyl groups is 1. The Morgan fingerprint density at radius 2 is 1.95 bits per heavy atom. The van der Waals surface area contributed by atoms with Crippen molar-refractivity contribution in [3.8, 4) is 0 Å². The van der Waals surface area contributed by atoms with Crippen LogP contribution in [-0.4, -0.2) is 51.6 Å². The molecule has 0 radical (unpaired) electrons. The maximum Gasteiger partial charge on any atom is 0.242 e. The Kier molecular flexibility index (Phi) is 5.24. The normalized spacial score (nSPS) is 20.0. The minimum Gasteiger partial charge on any atom is -0.396 e. The molecular weight excluding hydrogens is 288 g/mol. The van der Waals surface area contributed by atoms with Gasteiger partial charge in [0, 0.05) is 39.5 Å². The van der Waals surface area contributed by atoms with Gasteiger partial charge in [0.1, 0.15) is 0 Å². The van der Waals surface area contributed by atoms with Crippen LogP contribution in [0.2, 0.25) is 0 Å². The second-order valence-electron chi connectivity index (χ2n) is 5.75. The van der Waals surface area contributed by atoms with Gasteiger partial charge in [-0.15, -0.1) is 0 Å². The largest absolute Gasteiger partial charge is 0.396 e. The van der Waals surface area contributed by atoms with Crippen molar-refractivity contribution in [1.29, 1.82) is 0 Å². The molecule has 1 unspecified atom stereocenters. The van der Waals surface area contributed by atoms with Gasteiger partial charge in [-0.3, -0.25) is 0 Å². The molecule has 0 aliphatic carbocycles. The molecule has 2 rings (SSSR count). The summed E-state index contributed by atoms with van der Waals surface area (Å²) in [6.07, 6.45) is 3.11. The number of aliphatic hydroxyl groups excluding tert-OH is 1. The van der Waals surface area contributed by atoms with Gasteiger partial charge in [-0.2, -0.15) is 0 Å². The zero-order valence-electron chi connectivity index (χ0n) is 12.7. The molecule has 1 heterocycles. The lowest BCUT2D eigenvalue weighted by Crippen LogP contribution is -2.35. The average molecular weight is 312 g/mol. The Bertz CT molecular complexity index is 553. The molecule has 1 aliphatic heterocycles. The lowest BCUT2D eigenvalue weighted by atomic mass is 9.95. The molecule has 21 heavy (non-hydrogen) atoms. The highest BCUT2D eigenvalue weighted by molar-refractivity contribution is 7.89. The lowest BCUT2D eigenvalue weighted by molar-refractivity contribution is 0.244.